The fraction of sp³-hybridized carbons (Fsp3) is 0.611. The summed E-state index contributed by atoms with van der Waals surface area (Å²) in [5.74, 6) is 1.85. The van der Waals surface area contributed by atoms with Gasteiger partial charge in [-0.1, -0.05) is 43.9 Å². The van der Waals surface area contributed by atoms with Crippen molar-refractivity contribution in [2.45, 2.75) is 69.6 Å². The first-order valence-corrected chi connectivity index (χ1v) is 10.2. The zero-order valence-corrected chi connectivity index (χ0v) is 15.6. The van der Waals surface area contributed by atoms with Gasteiger partial charge in [0.1, 0.15) is 0 Å². The Bertz CT molecular complexity index is 661. The Balaban J connectivity index is 1.55. The molecule has 0 aliphatic heterocycles. The maximum Gasteiger partial charge on any atom is 0.230 e. The van der Waals surface area contributed by atoms with Crippen molar-refractivity contribution >= 4 is 17.7 Å². The number of furan rings is 1. The molecule has 0 bridgehead atoms. The molecule has 0 aromatic carbocycles. The summed E-state index contributed by atoms with van der Waals surface area (Å²) in [5.41, 5.74) is 0. The van der Waals surface area contributed by atoms with Crippen LogP contribution >= 0.6 is 11.8 Å². The highest BCUT2D eigenvalue weighted by molar-refractivity contribution is 7.99. The first-order chi connectivity index (χ1) is 12.3. The van der Waals surface area contributed by atoms with E-state index in [0.29, 0.717) is 23.4 Å². The predicted molar refractivity (Wildman–Crippen MR) is 98.4 cm³/mol. The molecule has 2 aromatic heterocycles. The lowest BCUT2D eigenvalue weighted by molar-refractivity contribution is -0.119. The van der Waals surface area contributed by atoms with Crippen molar-refractivity contribution in [3.8, 4) is 11.6 Å². The van der Waals surface area contributed by atoms with Crippen molar-refractivity contribution in [3.63, 3.8) is 0 Å². The zero-order chi connectivity index (χ0) is 17.5. The van der Waals surface area contributed by atoms with Crippen LogP contribution in [-0.4, -0.2) is 32.5 Å². The molecule has 25 heavy (non-hydrogen) atoms. The minimum atomic E-state index is 0.0841. The number of nitrogens with one attached hydrogen (secondary N) is 1. The van der Waals surface area contributed by atoms with Crippen LogP contribution in [0.4, 0.5) is 0 Å². The largest absolute Gasteiger partial charge is 0.461 e. The molecule has 1 amide bonds. The van der Waals surface area contributed by atoms with E-state index in [4.69, 9.17) is 4.42 Å². The van der Waals surface area contributed by atoms with E-state index >= 15 is 0 Å². The zero-order valence-electron chi connectivity index (χ0n) is 14.7. The Morgan fingerprint density at radius 2 is 2.04 bits per heavy atom. The average molecular weight is 362 g/mol. The van der Waals surface area contributed by atoms with Crippen LogP contribution in [0, 0.1) is 0 Å². The molecule has 1 aliphatic carbocycles. The third kappa shape index (κ3) is 4.87. The molecule has 1 saturated carbocycles. The van der Waals surface area contributed by atoms with Crippen molar-refractivity contribution in [1.82, 2.24) is 20.1 Å². The van der Waals surface area contributed by atoms with E-state index < -0.39 is 0 Å². The maximum absolute atomic E-state index is 12.3. The number of hydrogen-bond donors (Lipinski definition) is 1. The molecule has 0 radical (unpaired) electrons. The SMILES string of the molecule is CCn1c(SCC(=O)NC2CCCCCCC2)nnc1-c1ccco1. The van der Waals surface area contributed by atoms with E-state index in [-0.39, 0.29) is 5.91 Å². The van der Waals surface area contributed by atoms with Crippen LogP contribution < -0.4 is 5.32 Å². The highest BCUT2D eigenvalue weighted by Gasteiger charge is 2.18. The minimum absolute atomic E-state index is 0.0841. The van der Waals surface area contributed by atoms with Gasteiger partial charge in [0.2, 0.25) is 5.91 Å². The van der Waals surface area contributed by atoms with E-state index in [1.165, 1.54) is 43.9 Å². The molecule has 0 unspecified atom stereocenters. The number of aromatic nitrogens is 3. The van der Waals surface area contributed by atoms with E-state index in [1.54, 1.807) is 6.26 Å². The Kier molecular flexibility index (Phi) is 6.55. The molecule has 0 saturated heterocycles. The van der Waals surface area contributed by atoms with Crippen molar-refractivity contribution in [2.24, 2.45) is 0 Å². The third-order valence-electron chi connectivity index (χ3n) is 4.58. The second-order valence-electron chi connectivity index (χ2n) is 6.43. The molecule has 1 aliphatic rings. The number of rotatable bonds is 6. The Labute approximate surface area is 152 Å². The molecule has 136 valence electrons. The van der Waals surface area contributed by atoms with Gasteiger partial charge in [-0.05, 0) is 31.9 Å². The lowest BCUT2D eigenvalue weighted by atomic mass is 9.97. The van der Waals surface area contributed by atoms with Gasteiger partial charge in [0.25, 0.3) is 0 Å². The van der Waals surface area contributed by atoms with Gasteiger partial charge < -0.3 is 9.73 Å². The van der Waals surface area contributed by atoms with Crippen molar-refractivity contribution < 1.29 is 9.21 Å². The summed E-state index contributed by atoms with van der Waals surface area (Å²) in [5, 5.41) is 12.4. The van der Waals surface area contributed by atoms with Gasteiger partial charge in [-0.3, -0.25) is 9.36 Å². The van der Waals surface area contributed by atoms with Crippen molar-refractivity contribution in [1.29, 1.82) is 0 Å². The Hall–Kier alpha value is -1.76. The highest BCUT2D eigenvalue weighted by Crippen LogP contribution is 2.24. The molecule has 0 spiro atoms. The van der Waals surface area contributed by atoms with Crippen molar-refractivity contribution in [3.05, 3.63) is 18.4 Å². The second kappa shape index (κ2) is 9.08. The molecule has 0 atom stereocenters. The van der Waals surface area contributed by atoms with Crippen LogP contribution in [0.1, 0.15) is 51.9 Å². The quantitative estimate of drug-likeness (QED) is 0.790. The number of carbonyl (C=O) groups is 1. The molecule has 1 N–H and O–H groups in total. The number of carbonyl (C=O) groups excluding carboxylic acids is 1. The summed E-state index contributed by atoms with van der Waals surface area (Å²) in [6.45, 7) is 2.77. The van der Waals surface area contributed by atoms with Gasteiger partial charge in [-0.25, -0.2) is 0 Å². The van der Waals surface area contributed by atoms with Gasteiger partial charge in [-0.15, -0.1) is 10.2 Å². The third-order valence-corrected chi connectivity index (χ3v) is 5.54. The van der Waals surface area contributed by atoms with Crippen LogP contribution in [0.15, 0.2) is 28.0 Å². The standard InChI is InChI=1S/C18H26N4O2S/c1-2-22-17(15-11-8-12-24-15)20-21-18(22)25-13-16(23)19-14-9-6-4-3-5-7-10-14/h8,11-12,14H,2-7,9-10,13H2,1H3,(H,19,23). The van der Waals surface area contributed by atoms with Crippen LogP contribution in [0.5, 0.6) is 0 Å². The van der Waals surface area contributed by atoms with Gasteiger partial charge in [0, 0.05) is 12.6 Å². The van der Waals surface area contributed by atoms with E-state index in [9.17, 15) is 4.79 Å². The Morgan fingerprint density at radius 3 is 2.72 bits per heavy atom. The van der Waals surface area contributed by atoms with Crippen LogP contribution in [0.2, 0.25) is 0 Å². The molecule has 1 fully saturated rings. The summed E-state index contributed by atoms with van der Waals surface area (Å²) < 4.78 is 7.39. The molecule has 2 aromatic rings. The summed E-state index contributed by atoms with van der Waals surface area (Å²) in [7, 11) is 0. The first-order valence-electron chi connectivity index (χ1n) is 9.17. The predicted octanol–water partition coefficient (Wildman–Crippen LogP) is 3.88. The maximum atomic E-state index is 12.3. The van der Waals surface area contributed by atoms with E-state index in [2.05, 4.69) is 15.5 Å². The van der Waals surface area contributed by atoms with Crippen LogP contribution in [-0.2, 0) is 11.3 Å². The highest BCUT2D eigenvalue weighted by atomic mass is 32.2. The molecule has 7 heteroatoms. The second-order valence-corrected chi connectivity index (χ2v) is 7.37. The van der Waals surface area contributed by atoms with Gasteiger partial charge in [0.15, 0.2) is 16.7 Å². The summed E-state index contributed by atoms with van der Waals surface area (Å²) in [6.07, 6.45) is 10.2. The number of nitrogens with zero attached hydrogens (tertiary/aromatic N) is 3. The topological polar surface area (TPSA) is 73.0 Å². The smallest absolute Gasteiger partial charge is 0.230 e. The average Bonchev–Trinajstić information content (AvgIpc) is 3.23. The molecule has 3 rings (SSSR count). The summed E-state index contributed by atoms with van der Waals surface area (Å²) in [6, 6.07) is 4.03. The van der Waals surface area contributed by atoms with E-state index in [0.717, 1.165) is 24.5 Å². The number of amides is 1. The van der Waals surface area contributed by atoms with Gasteiger partial charge in [0.05, 0.1) is 12.0 Å². The van der Waals surface area contributed by atoms with E-state index in [1.807, 2.05) is 23.6 Å². The fourth-order valence-corrected chi connectivity index (χ4v) is 4.08. The number of hydrogen-bond acceptors (Lipinski definition) is 5. The van der Waals surface area contributed by atoms with Crippen molar-refractivity contribution in [2.75, 3.05) is 5.75 Å². The normalized spacial score (nSPS) is 16.4. The minimum Gasteiger partial charge on any atom is -0.461 e. The van der Waals surface area contributed by atoms with Gasteiger partial charge in [-0.2, -0.15) is 0 Å². The molecule has 6 nitrogen and oxygen atoms in total. The van der Waals surface area contributed by atoms with Gasteiger partial charge >= 0.3 is 0 Å². The molecular weight excluding hydrogens is 336 g/mol. The first kappa shape index (κ1) is 18.0. The van der Waals surface area contributed by atoms with Crippen LogP contribution in [0.25, 0.3) is 11.6 Å². The van der Waals surface area contributed by atoms with Crippen LogP contribution in [0.3, 0.4) is 0 Å². The molecular formula is C18H26N4O2S. The fourth-order valence-electron chi connectivity index (χ4n) is 3.27. The lowest BCUT2D eigenvalue weighted by Crippen LogP contribution is -2.36. The molecule has 2 heterocycles. The lowest BCUT2D eigenvalue weighted by Gasteiger charge is -2.20. The monoisotopic (exact) mass is 362 g/mol. The summed E-state index contributed by atoms with van der Waals surface area (Å²) >= 11 is 1.43. The summed E-state index contributed by atoms with van der Waals surface area (Å²) in [4.78, 5) is 12.3. The Morgan fingerprint density at radius 1 is 1.28 bits per heavy atom. The number of thioether (sulfide) groups is 1.